The number of fused-ring (bicyclic) bond motifs is 1. The van der Waals surface area contributed by atoms with Crippen molar-refractivity contribution in [2.24, 2.45) is 5.73 Å². The zero-order chi connectivity index (χ0) is 15.7. The third-order valence-electron chi connectivity index (χ3n) is 3.81. The van der Waals surface area contributed by atoms with Crippen LogP contribution < -0.4 is 11.3 Å². The standard InChI is InChI=1S/C16H16N4O2/c1-9-14(16(22)20-19-9)12(8-13(17)21)11-6-2-4-10-5-3-7-18-15(10)11/h2-7,12H,8H2,1H3,(H2,17,21)(H2,19,20,22). The number of nitrogens with two attached hydrogens (primary N) is 1. The van der Waals surface area contributed by atoms with Gasteiger partial charge >= 0.3 is 0 Å². The predicted molar refractivity (Wildman–Crippen MR) is 83.5 cm³/mol. The lowest BCUT2D eigenvalue weighted by Crippen LogP contribution is -2.21. The number of rotatable bonds is 4. The first-order chi connectivity index (χ1) is 10.6. The number of aryl methyl sites for hydroxylation is 1. The summed E-state index contributed by atoms with van der Waals surface area (Å²) in [6.07, 6.45) is 1.75. The Morgan fingerprint density at radius 2 is 2.05 bits per heavy atom. The van der Waals surface area contributed by atoms with Crippen LogP contribution in [0.4, 0.5) is 0 Å². The van der Waals surface area contributed by atoms with Gasteiger partial charge < -0.3 is 10.8 Å². The average Bonchev–Trinajstić information content (AvgIpc) is 2.83. The predicted octanol–water partition coefficient (Wildman–Crippen LogP) is 1.57. The molecule has 1 atom stereocenters. The number of primary amides is 1. The van der Waals surface area contributed by atoms with E-state index in [1.54, 1.807) is 13.1 Å². The fourth-order valence-corrected chi connectivity index (χ4v) is 2.85. The topological polar surface area (TPSA) is 105 Å². The molecule has 1 amide bonds. The minimum Gasteiger partial charge on any atom is -0.370 e. The van der Waals surface area contributed by atoms with Crippen molar-refractivity contribution in [2.45, 2.75) is 19.3 Å². The number of carbonyl (C=O) groups is 1. The van der Waals surface area contributed by atoms with Crippen LogP contribution in [0.1, 0.15) is 29.2 Å². The number of aromatic nitrogens is 3. The third-order valence-corrected chi connectivity index (χ3v) is 3.81. The lowest BCUT2D eigenvalue weighted by molar-refractivity contribution is -0.118. The summed E-state index contributed by atoms with van der Waals surface area (Å²) >= 11 is 0. The van der Waals surface area contributed by atoms with E-state index in [9.17, 15) is 9.59 Å². The number of hydrogen-bond donors (Lipinski definition) is 3. The lowest BCUT2D eigenvalue weighted by Gasteiger charge is -2.16. The van der Waals surface area contributed by atoms with Gasteiger partial charge in [-0.25, -0.2) is 0 Å². The van der Waals surface area contributed by atoms with Gasteiger partial charge in [-0.15, -0.1) is 0 Å². The monoisotopic (exact) mass is 296 g/mol. The number of nitrogens with one attached hydrogen (secondary N) is 2. The van der Waals surface area contributed by atoms with Gasteiger partial charge in [0, 0.05) is 35.2 Å². The highest BCUT2D eigenvalue weighted by molar-refractivity contribution is 5.84. The van der Waals surface area contributed by atoms with Crippen LogP contribution in [0.2, 0.25) is 0 Å². The van der Waals surface area contributed by atoms with E-state index in [0.29, 0.717) is 11.3 Å². The Bertz CT molecular complexity index is 889. The molecule has 1 aromatic carbocycles. The SMILES string of the molecule is Cc1[nH][nH]c(=O)c1C(CC(N)=O)c1cccc2cccnc12. The van der Waals surface area contributed by atoms with Gasteiger partial charge in [-0.1, -0.05) is 24.3 Å². The molecule has 4 N–H and O–H groups in total. The summed E-state index contributed by atoms with van der Waals surface area (Å²) in [7, 11) is 0. The first-order valence-electron chi connectivity index (χ1n) is 6.97. The number of amides is 1. The summed E-state index contributed by atoms with van der Waals surface area (Å²) in [5.74, 6) is -0.885. The second-order valence-corrected chi connectivity index (χ2v) is 5.26. The summed E-state index contributed by atoms with van der Waals surface area (Å²) < 4.78 is 0. The van der Waals surface area contributed by atoms with Crippen molar-refractivity contribution in [3.63, 3.8) is 0 Å². The van der Waals surface area contributed by atoms with E-state index in [1.807, 2.05) is 30.3 Å². The Hall–Kier alpha value is -2.89. The van der Waals surface area contributed by atoms with Crippen molar-refractivity contribution >= 4 is 16.8 Å². The first-order valence-corrected chi connectivity index (χ1v) is 6.97. The van der Waals surface area contributed by atoms with E-state index in [-0.39, 0.29) is 12.0 Å². The molecule has 1 unspecified atom stereocenters. The number of pyridine rings is 1. The molecule has 2 heterocycles. The molecule has 0 bridgehead atoms. The van der Waals surface area contributed by atoms with Gasteiger partial charge in [0.05, 0.1) is 5.52 Å². The number of para-hydroxylation sites is 1. The summed E-state index contributed by atoms with van der Waals surface area (Å²) in [4.78, 5) is 28.0. The summed E-state index contributed by atoms with van der Waals surface area (Å²) in [5.41, 5.74) is 7.98. The molecular weight excluding hydrogens is 280 g/mol. The molecule has 0 aliphatic carbocycles. The first kappa shape index (κ1) is 14.1. The van der Waals surface area contributed by atoms with Crippen LogP contribution in [-0.2, 0) is 4.79 Å². The van der Waals surface area contributed by atoms with Gasteiger partial charge in [-0.3, -0.25) is 19.7 Å². The second kappa shape index (κ2) is 5.48. The van der Waals surface area contributed by atoms with E-state index >= 15 is 0 Å². The van der Waals surface area contributed by atoms with Crippen LogP contribution in [0.15, 0.2) is 41.3 Å². The maximum absolute atomic E-state index is 12.1. The van der Waals surface area contributed by atoms with Crippen molar-refractivity contribution in [3.05, 3.63) is 63.7 Å². The molecule has 6 nitrogen and oxygen atoms in total. The summed E-state index contributed by atoms with van der Waals surface area (Å²) in [6, 6.07) is 9.52. The van der Waals surface area contributed by atoms with Crippen molar-refractivity contribution in [1.29, 1.82) is 0 Å². The van der Waals surface area contributed by atoms with E-state index in [2.05, 4.69) is 15.2 Å². The van der Waals surface area contributed by atoms with Gasteiger partial charge in [-0.2, -0.15) is 0 Å². The molecule has 112 valence electrons. The molecule has 2 aromatic heterocycles. The van der Waals surface area contributed by atoms with Gasteiger partial charge in [0.15, 0.2) is 0 Å². The molecule has 0 aliphatic heterocycles. The Kier molecular flexibility index (Phi) is 3.50. The molecule has 0 spiro atoms. The minimum atomic E-state index is -0.460. The van der Waals surface area contributed by atoms with E-state index in [4.69, 9.17) is 5.73 Å². The van der Waals surface area contributed by atoms with Gasteiger partial charge in [0.1, 0.15) is 0 Å². The smallest absolute Gasteiger partial charge is 0.267 e. The van der Waals surface area contributed by atoms with E-state index in [0.717, 1.165) is 16.5 Å². The van der Waals surface area contributed by atoms with Crippen molar-refractivity contribution in [2.75, 3.05) is 0 Å². The molecular formula is C16H16N4O2. The average molecular weight is 296 g/mol. The Morgan fingerprint density at radius 3 is 2.73 bits per heavy atom. The largest absolute Gasteiger partial charge is 0.370 e. The van der Waals surface area contributed by atoms with Crippen LogP contribution in [0.25, 0.3) is 10.9 Å². The van der Waals surface area contributed by atoms with Crippen LogP contribution in [-0.4, -0.2) is 21.1 Å². The number of nitrogens with zero attached hydrogens (tertiary/aromatic N) is 1. The zero-order valence-electron chi connectivity index (χ0n) is 12.1. The second-order valence-electron chi connectivity index (χ2n) is 5.26. The number of hydrogen-bond acceptors (Lipinski definition) is 3. The molecule has 0 radical (unpaired) electrons. The Morgan fingerprint density at radius 1 is 1.27 bits per heavy atom. The number of carbonyl (C=O) groups excluding carboxylic acids is 1. The van der Waals surface area contributed by atoms with E-state index in [1.165, 1.54) is 0 Å². The molecule has 0 saturated carbocycles. The summed E-state index contributed by atoms with van der Waals surface area (Å²) in [6.45, 7) is 1.79. The summed E-state index contributed by atoms with van der Waals surface area (Å²) in [5, 5.41) is 6.31. The fraction of sp³-hybridized carbons (Fsp3) is 0.188. The van der Waals surface area contributed by atoms with Gasteiger partial charge in [-0.05, 0) is 18.6 Å². The van der Waals surface area contributed by atoms with Crippen molar-refractivity contribution < 1.29 is 4.79 Å². The Labute approximate surface area is 126 Å². The number of benzene rings is 1. The molecule has 3 aromatic rings. The van der Waals surface area contributed by atoms with Crippen molar-refractivity contribution in [1.82, 2.24) is 15.2 Å². The highest BCUT2D eigenvalue weighted by atomic mass is 16.1. The van der Waals surface area contributed by atoms with E-state index < -0.39 is 11.8 Å². The fourth-order valence-electron chi connectivity index (χ4n) is 2.85. The van der Waals surface area contributed by atoms with Crippen molar-refractivity contribution in [3.8, 4) is 0 Å². The van der Waals surface area contributed by atoms with Gasteiger partial charge in [0.2, 0.25) is 5.91 Å². The highest BCUT2D eigenvalue weighted by Crippen LogP contribution is 2.31. The molecule has 0 saturated heterocycles. The maximum atomic E-state index is 12.1. The number of H-pyrrole nitrogens is 2. The molecule has 0 aliphatic rings. The zero-order valence-corrected chi connectivity index (χ0v) is 12.1. The molecule has 0 fully saturated rings. The maximum Gasteiger partial charge on any atom is 0.267 e. The minimum absolute atomic E-state index is 0.0530. The third kappa shape index (κ3) is 2.39. The lowest BCUT2D eigenvalue weighted by atomic mass is 9.87. The normalized spacial score (nSPS) is 12.4. The van der Waals surface area contributed by atoms with Crippen LogP contribution >= 0.6 is 0 Å². The molecule has 3 rings (SSSR count). The van der Waals surface area contributed by atoms with Gasteiger partial charge in [0.25, 0.3) is 5.56 Å². The van der Waals surface area contributed by atoms with Crippen LogP contribution in [0.3, 0.4) is 0 Å². The molecule has 22 heavy (non-hydrogen) atoms. The van der Waals surface area contributed by atoms with Crippen LogP contribution in [0.5, 0.6) is 0 Å². The quantitative estimate of drug-likeness (QED) is 0.680. The number of aromatic amines is 2. The van der Waals surface area contributed by atoms with Crippen LogP contribution in [0, 0.1) is 6.92 Å². The highest BCUT2D eigenvalue weighted by Gasteiger charge is 2.25. The molecule has 6 heteroatoms. The Balaban J connectivity index is 2.25.